The molecule has 0 aliphatic heterocycles. The Balaban J connectivity index is 1.87. The van der Waals surface area contributed by atoms with Gasteiger partial charge in [-0.2, -0.15) is 0 Å². The maximum Gasteiger partial charge on any atom is 0.326 e. The third kappa shape index (κ3) is 4.80. The first kappa shape index (κ1) is 14.8. The number of hydrogen-bond donors (Lipinski definition) is 2. The summed E-state index contributed by atoms with van der Waals surface area (Å²) in [7, 11) is 0. The highest BCUT2D eigenvalue weighted by atomic mass is 16.4. The normalized spacial score (nSPS) is 11.8. The number of amides is 1. The second-order valence-electron chi connectivity index (χ2n) is 4.78. The van der Waals surface area contributed by atoms with Gasteiger partial charge >= 0.3 is 5.97 Å². The van der Waals surface area contributed by atoms with Crippen LogP contribution >= 0.6 is 0 Å². The highest BCUT2D eigenvalue weighted by Gasteiger charge is 2.20. The highest BCUT2D eigenvalue weighted by molar-refractivity contribution is 5.83. The van der Waals surface area contributed by atoms with E-state index in [1.807, 2.05) is 30.3 Å². The van der Waals surface area contributed by atoms with Crippen molar-refractivity contribution in [1.29, 1.82) is 0 Å². The van der Waals surface area contributed by atoms with Crippen molar-refractivity contribution in [2.45, 2.75) is 25.3 Å². The number of carbonyl (C=O) groups is 2. The molecule has 1 aromatic carbocycles. The van der Waals surface area contributed by atoms with Crippen molar-refractivity contribution in [2.24, 2.45) is 0 Å². The summed E-state index contributed by atoms with van der Waals surface area (Å²) in [6.45, 7) is 0. The lowest BCUT2D eigenvalue weighted by Gasteiger charge is -2.14. The Bertz CT molecular complexity index is 578. The number of furan rings is 1. The molecule has 1 amide bonds. The van der Waals surface area contributed by atoms with E-state index in [-0.39, 0.29) is 18.7 Å². The van der Waals surface area contributed by atoms with Crippen LogP contribution in [0.4, 0.5) is 0 Å². The lowest BCUT2D eigenvalue weighted by molar-refractivity contribution is -0.141. The van der Waals surface area contributed by atoms with Crippen molar-refractivity contribution >= 4 is 11.9 Å². The average molecular weight is 287 g/mol. The van der Waals surface area contributed by atoms with Gasteiger partial charge < -0.3 is 14.8 Å². The van der Waals surface area contributed by atoms with Crippen LogP contribution in [0.1, 0.15) is 17.5 Å². The molecule has 0 bridgehead atoms. The molecule has 1 heterocycles. The minimum atomic E-state index is -1.03. The quantitative estimate of drug-likeness (QED) is 0.816. The zero-order valence-corrected chi connectivity index (χ0v) is 11.5. The van der Waals surface area contributed by atoms with Crippen LogP contribution in [0.2, 0.25) is 0 Å². The van der Waals surface area contributed by atoms with Gasteiger partial charge in [0.1, 0.15) is 6.04 Å². The first-order valence-electron chi connectivity index (χ1n) is 6.72. The SMILES string of the molecule is O=C(CCc1ccoc1)NC(Cc1ccccc1)C(=O)O. The van der Waals surface area contributed by atoms with Gasteiger partial charge in [0, 0.05) is 12.8 Å². The predicted molar refractivity (Wildman–Crippen MR) is 76.7 cm³/mol. The second kappa shape index (κ2) is 7.28. The number of hydrogen-bond acceptors (Lipinski definition) is 3. The average Bonchev–Trinajstić information content (AvgIpc) is 2.99. The van der Waals surface area contributed by atoms with Crippen LogP contribution in [0.3, 0.4) is 0 Å². The van der Waals surface area contributed by atoms with Crippen molar-refractivity contribution in [3.63, 3.8) is 0 Å². The Morgan fingerprint density at radius 1 is 1.14 bits per heavy atom. The molecule has 1 aromatic heterocycles. The number of aryl methyl sites for hydroxylation is 1. The molecule has 5 nitrogen and oxygen atoms in total. The van der Waals surface area contributed by atoms with Crippen molar-refractivity contribution in [1.82, 2.24) is 5.32 Å². The molecule has 0 fully saturated rings. The number of rotatable bonds is 7. The summed E-state index contributed by atoms with van der Waals surface area (Å²) < 4.78 is 4.92. The summed E-state index contributed by atoms with van der Waals surface area (Å²) in [5, 5.41) is 11.8. The van der Waals surface area contributed by atoms with Gasteiger partial charge in [0.05, 0.1) is 12.5 Å². The number of carboxylic acids is 1. The largest absolute Gasteiger partial charge is 0.480 e. The molecular weight excluding hydrogens is 270 g/mol. The predicted octanol–water partition coefficient (Wildman–Crippen LogP) is 2.02. The molecule has 0 saturated carbocycles. The smallest absolute Gasteiger partial charge is 0.326 e. The molecule has 110 valence electrons. The summed E-state index contributed by atoms with van der Waals surface area (Å²) in [4.78, 5) is 23.1. The van der Waals surface area contributed by atoms with E-state index in [0.717, 1.165) is 11.1 Å². The van der Waals surface area contributed by atoms with Crippen LogP contribution < -0.4 is 5.32 Å². The van der Waals surface area contributed by atoms with E-state index < -0.39 is 12.0 Å². The van der Waals surface area contributed by atoms with Crippen LogP contribution in [0.25, 0.3) is 0 Å². The van der Waals surface area contributed by atoms with E-state index in [9.17, 15) is 14.7 Å². The Morgan fingerprint density at radius 3 is 2.52 bits per heavy atom. The molecule has 1 unspecified atom stereocenters. The van der Waals surface area contributed by atoms with Crippen LogP contribution in [0, 0.1) is 0 Å². The van der Waals surface area contributed by atoms with Gasteiger partial charge in [0.15, 0.2) is 0 Å². The summed E-state index contributed by atoms with van der Waals surface area (Å²) >= 11 is 0. The monoisotopic (exact) mass is 287 g/mol. The van der Waals surface area contributed by atoms with E-state index in [1.54, 1.807) is 18.6 Å². The fourth-order valence-corrected chi connectivity index (χ4v) is 2.01. The van der Waals surface area contributed by atoms with E-state index in [4.69, 9.17) is 4.42 Å². The number of carboxylic acid groups (broad SMARTS) is 1. The Kier molecular flexibility index (Phi) is 5.15. The maximum atomic E-state index is 11.8. The van der Waals surface area contributed by atoms with Crippen molar-refractivity contribution < 1.29 is 19.1 Å². The van der Waals surface area contributed by atoms with E-state index >= 15 is 0 Å². The minimum Gasteiger partial charge on any atom is -0.480 e. The van der Waals surface area contributed by atoms with Crippen LogP contribution in [-0.4, -0.2) is 23.0 Å². The number of aliphatic carboxylic acids is 1. The van der Waals surface area contributed by atoms with Gasteiger partial charge in [-0.05, 0) is 23.6 Å². The standard InChI is InChI=1S/C16H17NO4/c18-15(7-6-13-8-9-21-11-13)17-14(16(19)20)10-12-4-2-1-3-5-12/h1-5,8-9,11,14H,6-7,10H2,(H,17,18)(H,19,20). The topological polar surface area (TPSA) is 79.5 Å². The van der Waals surface area contributed by atoms with Gasteiger partial charge in [0.25, 0.3) is 0 Å². The molecule has 0 saturated heterocycles. The fourth-order valence-electron chi connectivity index (χ4n) is 2.01. The second-order valence-corrected chi connectivity index (χ2v) is 4.78. The third-order valence-electron chi connectivity index (χ3n) is 3.14. The third-order valence-corrected chi connectivity index (χ3v) is 3.14. The molecule has 2 aromatic rings. The summed E-state index contributed by atoms with van der Waals surface area (Å²) in [5.41, 5.74) is 1.79. The van der Waals surface area contributed by atoms with Gasteiger partial charge in [-0.1, -0.05) is 30.3 Å². The molecular formula is C16H17NO4. The van der Waals surface area contributed by atoms with E-state index in [2.05, 4.69) is 5.32 Å². The summed E-state index contributed by atoms with van der Waals surface area (Å²) in [5.74, 6) is -1.31. The van der Waals surface area contributed by atoms with Crippen LogP contribution in [0.5, 0.6) is 0 Å². The lowest BCUT2D eigenvalue weighted by Crippen LogP contribution is -2.42. The zero-order valence-electron chi connectivity index (χ0n) is 11.5. The maximum absolute atomic E-state index is 11.8. The molecule has 2 N–H and O–H groups in total. The van der Waals surface area contributed by atoms with Gasteiger partial charge in [-0.15, -0.1) is 0 Å². The number of nitrogens with one attached hydrogen (secondary N) is 1. The van der Waals surface area contributed by atoms with Crippen molar-refractivity contribution in [3.8, 4) is 0 Å². The van der Waals surface area contributed by atoms with Gasteiger partial charge in [0.2, 0.25) is 5.91 Å². The van der Waals surface area contributed by atoms with Crippen molar-refractivity contribution in [3.05, 3.63) is 60.1 Å². The molecule has 0 aliphatic rings. The summed E-state index contributed by atoms with van der Waals surface area (Å²) in [6.07, 6.45) is 4.15. The molecule has 21 heavy (non-hydrogen) atoms. The Morgan fingerprint density at radius 2 is 1.90 bits per heavy atom. The van der Waals surface area contributed by atoms with Gasteiger partial charge in [-0.3, -0.25) is 4.79 Å². The summed E-state index contributed by atoms with van der Waals surface area (Å²) in [6, 6.07) is 10.1. The fraction of sp³-hybridized carbons (Fsp3) is 0.250. The minimum absolute atomic E-state index is 0.234. The lowest BCUT2D eigenvalue weighted by atomic mass is 10.1. The van der Waals surface area contributed by atoms with Crippen LogP contribution in [-0.2, 0) is 22.4 Å². The first-order chi connectivity index (χ1) is 10.1. The van der Waals surface area contributed by atoms with Gasteiger partial charge in [-0.25, -0.2) is 4.79 Å². The van der Waals surface area contributed by atoms with Crippen LogP contribution in [0.15, 0.2) is 53.3 Å². The first-order valence-corrected chi connectivity index (χ1v) is 6.72. The molecule has 1 atom stereocenters. The molecule has 0 aliphatic carbocycles. The van der Waals surface area contributed by atoms with E-state index in [0.29, 0.717) is 6.42 Å². The molecule has 0 radical (unpaired) electrons. The highest BCUT2D eigenvalue weighted by Crippen LogP contribution is 2.06. The molecule has 2 rings (SSSR count). The number of carbonyl (C=O) groups excluding carboxylic acids is 1. The molecule has 5 heteroatoms. The Labute approximate surface area is 122 Å². The van der Waals surface area contributed by atoms with E-state index in [1.165, 1.54) is 0 Å². The zero-order chi connectivity index (χ0) is 15.1. The number of benzene rings is 1. The molecule has 0 spiro atoms. The van der Waals surface area contributed by atoms with Crippen molar-refractivity contribution in [2.75, 3.05) is 0 Å². The Hall–Kier alpha value is -2.56.